The Balaban J connectivity index is 0. The summed E-state index contributed by atoms with van der Waals surface area (Å²) < 4.78 is 4.64. The third-order valence-corrected chi connectivity index (χ3v) is 0.605. The first-order valence-electron chi connectivity index (χ1n) is 1.46. The molecule has 0 aromatic rings. The highest BCUT2D eigenvalue weighted by atomic mass is 79.9. The lowest BCUT2D eigenvalue weighted by molar-refractivity contribution is 0.219. The van der Waals surface area contributed by atoms with Crippen LogP contribution in [0.25, 0.3) is 0 Å². The summed E-state index contributed by atoms with van der Waals surface area (Å²) in [5.41, 5.74) is 0. The number of hydrogen-bond donors (Lipinski definition) is 0. The number of rotatable bonds is 2. The minimum atomic E-state index is 0. The summed E-state index contributed by atoms with van der Waals surface area (Å²) >= 11 is 3.18. The minimum Gasteiger partial charge on any atom is -0.384 e. The van der Waals surface area contributed by atoms with Crippen LogP contribution in [0, 0.1) is 0 Å². The average Bonchev–Trinajstić information content (AvgIpc) is 1.41. The maximum absolute atomic E-state index is 4.64. The van der Waals surface area contributed by atoms with Gasteiger partial charge in [-0.05, 0) is 0 Å². The van der Waals surface area contributed by atoms with E-state index in [1.54, 1.807) is 7.11 Å². The molecule has 1 unspecified atom stereocenters. The molecular formula is C3H10BrOP. The number of alkyl halides is 1. The summed E-state index contributed by atoms with van der Waals surface area (Å²) in [7, 11) is 1.68. The maximum atomic E-state index is 4.64. The van der Waals surface area contributed by atoms with E-state index in [1.807, 2.05) is 0 Å². The molecule has 0 saturated heterocycles. The Morgan fingerprint density at radius 3 is 2.17 bits per heavy atom. The molecule has 0 amide bonds. The number of methoxy groups -OCH3 is 1. The molecule has 0 aromatic heterocycles. The van der Waals surface area contributed by atoms with Crippen LogP contribution in [0.3, 0.4) is 0 Å². The molecule has 0 fully saturated rings. The van der Waals surface area contributed by atoms with Crippen molar-refractivity contribution in [3.05, 3.63) is 0 Å². The van der Waals surface area contributed by atoms with Gasteiger partial charge in [-0.15, -0.1) is 0 Å². The minimum absolute atomic E-state index is 0. The summed E-state index contributed by atoms with van der Waals surface area (Å²) in [6.45, 7) is 0.806. The van der Waals surface area contributed by atoms with Crippen LogP contribution in [0.4, 0.5) is 0 Å². The van der Waals surface area contributed by atoms with Crippen LogP contribution < -0.4 is 0 Å². The van der Waals surface area contributed by atoms with E-state index in [0.717, 1.165) is 11.9 Å². The predicted molar refractivity (Wildman–Crippen MR) is 36.8 cm³/mol. The Bertz CT molecular complexity index is 18.3. The molecule has 0 spiro atoms. The quantitative estimate of drug-likeness (QED) is 0.448. The summed E-state index contributed by atoms with van der Waals surface area (Å²) in [5.74, 6) is 0. The monoisotopic (exact) mass is 172 g/mol. The molecule has 0 aromatic carbocycles. The molecule has 0 radical (unpaired) electrons. The summed E-state index contributed by atoms with van der Waals surface area (Å²) in [6, 6.07) is 0. The molecule has 1 nitrogen and oxygen atoms in total. The maximum Gasteiger partial charge on any atom is 0.0559 e. The topological polar surface area (TPSA) is 9.23 Å². The fourth-order valence-electron chi connectivity index (χ4n) is 0.0772. The SMILES string of the molecule is COCCBr.P. The van der Waals surface area contributed by atoms with E-state index >= 15 is 0 Å². The highest BCUT2D eigenvalue weighted by Crippen LogP contribution is 1.75. The van der Waals surface area contributed by atoms with Gasteiger partial charge in [0.05, 0.1) is 6.61 Å². The first-order valence-corrected chi connectivity index (χ1v) is 2.59. The van der Waals surface area contributed by atoms with E-state index in [0.29, 0.717) is 0 Å². The van der Waals surface area contributed by atoms with Gasteiger partial charge in [0.15, 0.2) is 0 Å². The lowest BCUT2D eigenvalue weighted by Crippen LogP contribution is -1.85. The van der Waals surface area contributed by atoms with Crippen molar-refractivity contribution >= 4 is 25.8 Å². The molecule has 0 rings (SSSR count). The Labute approximate surface area is 50.2 Å². The zero-order chi connectivity index (χ0) is 4.12. The second-order valence-corrected chi connectivity index (χ2v) is 1.47. The highest BCUT2D eigenvalue weighted by molar-refractivity contribution is 9.09. The van der Waals surface area contributed by atoms with Crippen LogP contribution in [-0.2, 0) is 4.74 Å². The molecule has 0 aliphatic rings. The van der Waals surface area contributed by atoms with Gasteiger partial charge in [-0.2, -0.15) is 9.90 Å². The molecule has 0 saturated carbocycles. The fourth-order valence-corrected chi connectivity index (χ4v) is 0.401. The molecule has 6 heavy (non-hydrogen) atoms. The smallest absolute Gasteiger partial charge is 0.0559 e. The molecule has 0 aliphatic carbocycles. The van der Waals surface area contributed by atoms with Gasteiger partial charge in [-0.25, -0.2) is 0 Å². The van der Waals surface area contributed by atoms with Crippen LogP contribution in [0.5, 0.6) is 0 Å². The van der Waals surface area contributed by atoms with Crippen molar-refractivity contribution in [3.8, 4) is 0 Å². The summed E-state index contributed by atoms with van der Waals surface area (Å²) in [6.07, 6.45) is 0. The predicted octanol–water partition coefficient (Wildman–Crippen LogP) is 1.09. The van der Waals surface area contributed by atoms with E-state index < -0.39 is 0 Å². The van der Waals surface area contributed by atoms with Crippen LogP contribution in [0.15, 0.2) is 0 Å². The van der Waals surface area contributed by atoms with Gasteiger partial charge in [0, 0.05) is 12.4 Å². The third-order valence-electron chi connectivity index (χ3n) is 0.281. The van der Waals surface area contributed by atoms with Gasteiger partial charge in [-0.3, -0.25) is 0 Å². The van der Waals surface area contributed by atoms with E-state index in [4.69, 9.17) is 0 Å². The van der Waals surface area contributed by atoms with Crippen molar-refractivity contribution in [1.82, 2.24) is 0 Å². The second kappa shape index (κ2) is 9.30. The van der Waals surface area contributed by atoms with E-state index in [9.17, 15) is 0 Å². The molecule has 0 aliphatic heterocycles. The fraction of sp³-hybridized carbons (Fsp3) is 1.00. The normalized spacial score (nSPS) is 7.00. The molecular weight excluding hydrogens is 163 g/mol. The summed E-state index contributed by atoms with van der Waals surface area (Å²) in [5, 5.41) is 0.934. The van der Waals surface area contributed by atoms with Crippen LogP contribution in [0.2, 0.25) is 0 Å². The van der Waals surface area contributed by atoms with Crippen LogP contribution >= 0.6 is 25.8 Å². The van der Waals surface area contributed by atoms with Gasteiger partial charge in [0.1, 0.15) is 0 Å². The molecule has 0 heterocycles. The molecule has 3 heteroatoms. The first-order chi connectivity index (χ1) is 2.41. The van der Waals surface area contributed by atoms with Gasteiger partial charge in [-0.1, -0.05) is 15.9 Å². The van der Waals surface area contributed by atoms with Crippen molar-refractivity contribution in [2.45, 2.75) is 0 Å². The second-order valence-electron chi connectivity index (χ2n) is 0.682. The van der Waals surface area contributed by atoms with Crippen LogP contribution in [-0.4, -0.2) is 19.0 Å². The van der Waals surface area contributed by atoms with Crippen molar-refractivity contribution in [1.29, 1.82) is 0 Å². The van der Waals surface area contributed by atoms with Crippen molar-refractivity contribution in [3.63, 3.8) is 0 Å². The van der Waals surface area contributed by atoms with Gasteiger partial charge >= 0.3 is 0 Å². The van der Waals surface area contributed by atoms with E-state index in [1.165, 1.54) is 0 Å². The molecule has 0 bridgehead atoms. The Morgan fingerprint density at radius 2 is 2.17 bits per heavy atom. The van der Waals surface area contributed by atoms with Gasteiger partial charge in [0.2, 0.25) is 0 Å². The number of ether oxygens (including phenoxy) is 1. The zero-order valence-electron chi connectivity index (χ0n) is 3.91. The third kappa shape index (κ3) is 8.85. The van der Waals surface area contributed by atoms with E-state index in [-0.39, 0.29) is 9.90 Å². The Hall–Kier alpha value is 0.870. The highest BCUT2D eigenvalue weighted by Gasteiger charge is 1.68. The van der Waals surface area contributed by atoms with E-state index in [2.05, 4.69) is 20.7 Å². The van der Waals surface area contributed by atoms with Gasteiger partial charge in [0.25, 0.3) is 0 Å². The molecule has 0 N–H and O–H groups in total. The summed E-state index contributed by atoms with van der Waals surface area (Å²) in [4.78, 5) is 0. The lowest BCUT2D eigenvalue weighted by Gasteiger charge is -1.83. The standard InChI is InChI=1S/C3H7BrO.H3P/c1-5-3-2-4;/h2-3H2,1H3;1H3. The van der Waals surface area contributed by atoms with Crippen molar-refractivity contribution in [2.24, 2.45) is 0 Å². The average molecular weight is 173 g/mol. The van der Waals surface area contributed by atoms with Crippen molar-refractivity contribution < 1.29 is 4.74 Å². The molecule has 1 atom stereocenters. The number of halogens is 1. The first kappa shape index (κ1) is 9.98. The van der Waals surface area contributed by atoms with Crippen LogP contribution in [0.1, 0.15) is 0 Å². The lowest BCUT2D eigenvalue weighted by atomic mass is 10.9. The largest absolute Gasteiger partial charge is 0.384 e. The number of hydrogen-bond acceptors (Lipinski definition) is 1. The zero-order valence-corrected chi connectivity index (χ0v) is 6.91. The Morgan fingerprint density at radius 1 is 1.67 bits per heavy atom. The van der Waals surface area contributed by atoms with Crippen molar-refractivity contribution in [2.75, 3.05) is 19.0 Å². The Kier molecular flexibility index (Phi) is 15.5. The van der Waals surface area contributed by atoms with Gasteiger partial charge < -0.3 is 4.74 Å². The molecule has 40 valence electrons.